The van der Waals surface area contributed by atoms with Crippen LogP contribution in [0.3, 0.4) is 0 Å². The molecule has 0 radical (unpaired) electrons. The molecule has 1 heterocycles. The summed E-state index contributed by atoms with van der Waals surface area (Å²) in [4.78, 5) is 52.0. The second-order valence-electron chi connectivity index (χ2n) is 10.5. The van der Waals surface area contributed by atoms with Crippen LogP contribution in [0.1, 0.15) is 125 Å². The Hall–Kier alpha value is -2.16. The minimum absolute atomic E-state index is 0.000160. The number of ether oxygens (including phenoxy) is 4. The normalized spacial score (nSPS) is 18.0. The van der Waals surface area contributed by atoms with Crippen LogP contribution in [0.5, 0.6) is 0 Å². The van der Waals surface area contributed by atoms with Crippen LogP contribution >= 0.6 is 0 Å². The average molecular weight is 556 g/mol. The Bertz CT molecular complexity index is 726. The maximum absolute atomic E-state index is 12.8. The fraction of sp³-hybridized carbons (Fsp3) is 0.867. The van der Waals surface area contributed by atoms with Crippen LogP contribution in [0.25, 0.3) is 0 Å². The number of carbonyl (C=O) groups excluding carboxylic acids is 4. The molecule has 9 nitrogen and oxygen atoms in total. The van der Waals surface area contributed by atoms with Gasteiger partial charge in [-0.05, 0) is 65.0 Å². The molecular formula is C30H53NO8. The number of nitrogens with zero attached hydrogens (tertiary/aromatic N) is 1. The molecule has 0 aromatic rings. The first-order chi connectivity index (χ1) is 18.7. The summed E-state index contributed by atoms with van der Waals surface area (Å²) >= 11 is 0. The number of likely N-dealkylation sites (tertiary alicyclic amines) is 1. The molecule has 0 saturated carbocycles. The van der Waals surface area contributed by atoms with Gasteiger partial charge in [-0.1, -0.05) is 40.5 Å². The van der Waals surface area contributed by atoms with Crippen molar-refractivity contribution >= 4 is 23.9 Å². The van der Waals surface area contributed by atoms with Gasteiger partial charge in [0.05, 0.1) is 6.61 Å². The van der Waals surface area contributed by atoms with E-state index in [0.717, 1.165) is 19.5 Å². The van der Waals surface area contributed by atoms with E-state index in [4.69, 9.17) is 18.9 Å². The van der Waals surface area contributed by atoms with Crippen LogP contribution < -0.4 is 0 Å². The molecule has 39 heavy (non-hydrogen) atoms. The molecule has 1 saturated heterocycles. The summed E-state index contributed by atoms with van der Waals surface area (Å²) in [7, 11) is 0. The third-order valence-electron chi connectivity index (χ3n) is 6.92. The first-order valence-corrected chi connectivity index (χ1v) is 15.2. The van der Waals surface area contributed by atoms with Crippen LogP contribution in [0.2, 0.25) is 0 Å². The highest BCUT2D eigenvalue weighted by atomic mass is 16.6. The van der Waals surface area contributed by atoms with E-state index in [0.29, 0.717) is 38.1 Å². The van der Waals surface area contributed by atoms with E-state index in [1.54, 1.807) is 6.92 Å². The smallest absolute Gasteiger partial charge is 0.306 e. The van der Waals surface area contributed by atoms with E-state index < -0.39 is 30.3 Å². The number of piperidine rings is 1. The van der Waals surface area contributed by atoms with Crippen molar-refractivity contribution in [3.8, 4) is 0 Å². The molecule has 1 unspecified atom stereocenters. The van der Waals surface area contributed by atoms with Gasteiger partial charge in [0.25, 0.3) is 0 Å². The summed E-state index contributed by atoms with van der Waals surface area (Å²) in [5, 5.41) is 0. The number of carbonyl (C=O) groups is 4. The topological polar surface area (TPSA) is 108 Å². The standard InChI is InChI=1S/C30H53NO8/c1-6-13-24-17-10-11-20-31(24)21-12-18-29(35)37-23(5)30(39-28(34)16-9-4)25(38-27(33)15-8-3)19-22-36-26(32)14-7-2/h23-25,30H,6-22H2,1-5H3/t23-,24?,25+,30+/m0/s1. The van der Waals surface area contributed by atoms with Gasteiger partial charge in [-0.25, -0.2) is 0 Å². The van der Waals surface area contributed by atoms with Gasteiger partial charge in [-0.2, -0.15) is 0 Å². The van der Waals surface area contributed by atoms with Crippen LogP contribution in [0, 0.1) is 0 Å². The Morgan fingerprint density at radius 3 is 2.03 bits per heavy atom. The van der Waals surface area contributed by atoms with E-state index in [1.165, 1.54) is 25.7 Å². The minimum atomic E-state index is -1.00. The third-order valence-corrected chi connectivity index (χ3v) is 6.92. The van der Waals surface area contributed by atoms with Crippen LogP contribution in [0.4, 0.5) is 0 Å². The van der Waals surface area contributed by atoms with Crippen molar-refractivity contribution in [2.45, 2.75) is 149 Å². The third kappa shape index (κ3) is 14.7. The second kappa shape index (κ2) is 20.7. The molecule has 0 N–H and O–H groups in total. The highest BCUT2D eigenvalue weighted by Crippen LogP contribution is 2.22. The molecule has 0 aromatic carbocycles. The quantitative estimate of drug-likeness (QED) is 0.142. The van der Waals surface area contributed by atoms with Crippen LogP contribution in [-0.4, -0.2) is 72.8 Å². The predicted molar refractivity (Wildman–Crippen MR) is 149 cm³/mol. The molecule has 0 aromatic heterocycles. The summed E-state index contributed by atoms with van der Waals surface area (Å²) in [5.41, 5.74) is 0. The highest BCUT2D eigenvalue weighted by Gasteiger charge is 2.35. The summed E-state index contributed by atoms with van der Waals surface area (Å²) in [5.74, 6) is -1.63. The highest BCUT2D eigenvalue weighted by molar-refractivity contribution is 5.71. The molecule has 4 atom stereocenters. The van der Waals surface area contributed by atoms with Gasteiger partial charge < -0.3 is 23.8 Å². The summed E-state index contributed by atoms with van der Waals surface area (Å²) in [6.07, 6.45) is 6.84. The number of hydrogen-bond donors (Lipinski definition) is 0. The molecule has 9 heteroatoms. The number of esters is 4. The van der Waals surface area contributed by atoms with E-state index >= 15 is 0 Å². The van der Waals surface area contributed by atoms with Crippen LogP contribution in [0.15, 0.2) is 0 Å². The maximum Gasteiger partial charge on any atom is 0.306 e. The monoisotopic (exact) mass is 555 g/mol. The first-order valence-electron chi connectivity index (χ1n) is 15.2. The van der Waals surface area contributed by atoms with Crippen molar-refractivity contribution in [2.75, 3.05) is 19.7 Å². The van der Waals surface area contributed by atoms with Gasteiger partial charge >= 0.3 is 23.9 Å². The second-order valence-corrected chi connectivity index (χ2v) is 10.5. The molecule has 1 rings (SSSR count). The molecule has 0 bridgehead atoms. The van der Waals surface area contributed by atoms with Crippen molar-refractivity contribution in [1.29, 1.82) is 0 Å². The fourth-order valence-electron chi connectivity index (χ4n) is 4.95. The molecule has 1 aliphatic rings. The molecule has 1 fully saturated rings. The van der Waals surface area contributed by atoms with Crippen molar-refractivity contribution in [3.63, 3.8) is 0 Å². The fourth-order valence-corrected chi connectivity index (χ4v) is 4.95. The molecule has 1 aliphatic heterocycles. The van der Waals surface area contributed by atoms with E-state index in [2.05, 4.69) is 11.8 Å². The predicted octanol–water partition coefficient (Wildman–Crippen LogP) is 5.51. The SMILES string of the molecule is CCCC(=O)OCC[C@@H](OC(=O)CCC)[C@H](OC(=O)CCC)[C@H](C)OC(=O)CCCN1CCCCC1CCC. The van der Waals surface area contributed by atoms with Crippen molar-refractivity contribution in [1.82, 2.24) is 4.90 Å². The van der Waals surface area contributed by atoms with E-state index in [1.807, 2.05) is 20.8 Å². The lowest BCUT2D eigenvalue weighted by atomic mass is 9.98. The van der Waals surface area contributed by atoms with Crippen molar-refractivity contribution in [2.24, 2.45) is 0 Å². The van der Waals surface area contributed by atoms with Crippen LogP contribution in [-0.2, 0) is 38.1 Å². The Balaban J connectivity index is 2.85. The largest absolute Gasteiger partial charge is 0.466 e. The lowest BCUT2D eigenvalue weighted by Gasteiger charge is -2.35. The number of rotatable bonds is 20. The van der Waals surface area contributed by atoms with Gasteiger partial charge in [0, 0.05) is 38.1 Å². The Kier molecular flexibility index (Phi) is 18.5. The summed E-state index contributed by atoms with van der Waals surface area (Å²) in [6.45, 7) is 11.4. The van der Waals surface area contributed by atoms with Gasteiger partial charge in [-0.15, -0.1) is 0 Å². The lowest BCUT2D eigenvalue weighted by molar-refractivity contribution is -0.186. The van der Waals surface area contributed by atoms with Gasteiger partial charge in [-0.3, -0.25) is 19.2 Å². The Morgan fingerprint density at radius 2 is 1.38 bits per heavy atom. The first kappa shape index (κ1) is 34.9. The molecule has 0 spiro atoms. The number of hydrogen-bond acceptors (Lipinski definition) is 9. The zero-order valence-electron chi connectivity index (χ0n) is 25.0. The Morgan fingerprint density at radius 1 is 0.769 bits per heavy atom. The van der Waals surface area contributed by atoms with Gasteiger partial charge in [0.1, 0.15) is 12.2 Å². The minimum Gasteiger partial charge on any atom is -0.466 e. The zero-order valence-corrected chi connectivity index (χ0v) is 25.0. The lowest BCUT2D eigenvalue weighted by Crippen LogP contribution is -2.45. The summed E-state index contributed by atoms with van der Waals surface area (Å²) in [6, 6.07) is 0.589. The maximum atomic E-state index is 12.8. The summed E-state index contributed by atoms with van der Waals surface area (Å²) < 4.78 is 22.3. The van der Waals surface area contributed by atoms with Gasteiger partial charge in [0.15, 0.2) is 6.10 Å². The molecule has 226 valence electrons. The molecule has 0 aliphatic carbocycles. The Labute approximate surface area is 235 Å². The average Bonchev–Trinajstić information content (AvgIpc) is 2.88. The zero-order chi connectivity index (χ0) is 29.0. The van der Waals surface area contributed by atoms with E-state index in [-0.39, 0.29) is 44.2 Å². The van der Waals surface area contributed by atoms with E-state index in [9.17, 15) is 19.2 Å². The van der Waals surface area contributed by atoms with Gasteiger partial charge in [0.2, 0.25) is 0 Å². The molecule has 0 amide bonds. The van der Waals surface area contributed by atoms with Crippen molar-refractivity contribution < 1.29 is 38.1 Å². The van der Waals surface area contributed by atoms with Crippen molar-refractivity contribution in [3.05, 3.63) is 0 Å². The molecular weight excluding hydrogens is 502 g/mol.